The minimum Gasteiger partial charge on any atom is -0.311 e. The van der Waals surface area contributed by atoms with Gasteiger partial charge >= 0.3 is 0 Å². The number of benzene rings is 3. The molecule has 0 aliphatic heterocycles. The minimum absolute atomic E-state index is 0.737. The van der Waals surface area contributed by atoms with Gasteiger partial charge in [0.1, 0.15) is 0 Å². The molecule has 0 unspecified atom stereocenters. The molecule has 0 aliphatic carbocycles. The molecule has 0 N–H and O–H groups in total. The van der Waals surface area contributed by atoms with Crippen molar-refractivity contribution in [3.8, 4) is 31.3 Å². The van der Waals surface area contributed by atoms with E-state index < -0.39 is 0 Å². The van der Waals surface area contributed by atoms with E-state index in [0.717, 1.165) is 46.2 Å². The van der Waals surface area contributed by atoms with Crippen LogP contribution in [0.25, 0.3) is 31.3 Å². The summed E-state index contributed by atoms with van der Waals surface area (Å²) in [5, 5.41) is 0. The molecule has 0 saturated carbocycles. The molecule has 7 heteroatoms. The summed E-state index contributed by atoms with van der Waals surface area (Å²) in [5.41, 5.74) is 6.73. The zero-order valence-electron chi connectivity index (χ0n) is 19.8. The Hall–Kier alpha value is -2.81. The lowest BCUT2D eigenvalue weighted by molar-refractivity contribution is 0.112. The van der Waals surface area contributed by atoms with Crippen molar-refractivity contribution >= 4 is 89.2 Å². The Morgan fingerprint density at radius 2 is 0.842 bits per heavy atom. The largest absolute Gasteiger partial charge is 0.311 e. The van der Waals surface area contributed by atoms with Gasteiger partial charge in [-0.1, -0.05) is 36.4 Å². The maximum Gasteiger partial charge on any atom is 0.160 e. The molecule has 0 radical (unpaired) electrons. The number of rotatable bonds is 7. The van der Waals surface area contributed by atoms with Crippen molar-refractivity contribution in [3.63, 3.8) is 0 Å². The first-order valence-corrected chi connectivity index (χ1v) is 15.8. The van der Waals surface area contributed by atoms with E-state index in [1.54, 1.807) is 22.7 Å². The van der Waals surface area contributed by atoms with E-state index in [0.29, 0.717) is 0 Å². The summed E-state index contributed by atoms with van der Waals surface area (Å²) in [6.45, 7) is 0. The van der Waals surface area contributed by atoms with Gasteiger partial charge in [0, 0.05) is 31.7 Å². The highest BCUT2D eigenvalue weighted by Crippen LogP contribution is 2.40. The highest BCUT2D eigenvalue weighted by atomic mass is 79.9. The lowest BCUT2D eigenvalue weighted by atomic mass is 10.1. The lowest BCUT2D eigenvalue weighted by Gasteiger charge is -2.26. The van der Waals surface area contributed by atoms with Crippen LogP contribution in [0.15, 0.2) is 117 Å². The molecule has 6 rings (SSSR count). The molecule has 2 nitrogen and oxygen atoms in total. The van der Waals surface area contributed by atoms with Crippen LogP contribution in [0.3, 0.4) is 0 Å². The Kier molecular flexibility index (Phi) is 7.45. The van der Waals surface area contributed by atoms with Crippen LogP contribution in [0.2, 0.25) is 0 Å². The van der Waals surface area contributed by atoms with E-state index >= 15 is 0 Å². The molecule has 0 spiro atoms. The van der Waals surface area contributed by atoms with Crippen molar-refractivity contribution in [3.05, 3.63) is 122 Å². The van der Waals surface area contributed by atoms with Gasteiger partial charge in [0.2, 0.25) is 0 Å². The second-order valence-corrected chi connectivity index (χ2v) is 14.5. The van der Waals surface area contributed by atoms with Crippen LogP contribution in [0, 0.1) is 0 Å². The van der Waals surface area contributed by atoms with E-state index in [2.05, 4.69) is 134 Å². The third kappa shape index (κ3) is 5.35. The smallest absolute Gasteiger partial charge is 0.160 e. The van der Waals surface area contributed by atoms with Crippen LogP contribution in [0.5, 0.6) is 0 Å². The van der Waals surface area contributed by atoms with Gasteiger partial charge < -0.3 is 4.90 Å². The molecule has 3 aromatic heterocycles. The first kappa shape index (κ1) is 25.5. The van der Waals surface area contributed by atoms with Gasteiger partial charge in [-0.25, -0.2) is 0 Å². The van der Waals surface area contributed by atoms with Gasteiger partial charge in [-0.2, -0.15) is 0 Å². The number of halogens is 2. The number of hydrogen-bond donors (Lipinski definition) is 0. The molecule has 38 heavy (non-hydrogen) atoms. The molecule has 0 bridgehead atoms. The highest BCUT2D eigenvalue weighted by Gasteiger charge is 2.14. The summed E-state index contributed by atoms with van der Waals surface area (Å²) in [7, 11) is 0. The van der Waals surface area contributed by atoms with Gasteiger partial charge in [-0.05, 0) is 121 Å². The van der Waals surface area contributed by atoms with Crippen molar-refractivity contribution in [1.82, 2.24) is 0 Å². The topological polar surface area (TPSA) is 20.3 Å². The van der Waals surface area contributed by atoms with Gasteiger partial charge in [-0.15, -0.1) is 34.0 Å². The quantitative estimate of drug-likeness (QED) is 0.157. The fourth-order valence-corrected chi connectivity index (χ4v) is 7.89. The van der Waals surface area contributed by atoms with E-state index in [-0.39, 0.29) is 0 Å². The number of carbonyl (C=O) groups is 1. The SMILES string of the molecule is O=Cc1ccc(-c2ccc(N(c3ccc(-c4ccc(Br)s4)cc3)c3ccc(-c4ccc(Br)s4)cc3)cc2)s1. The van der Waals surface area contributed by atoms with E-state index in [1.165, 1.54) is 32.2 Å². The Morgan fingerprint density at radius 1 is 0.474 bits per heavy atom. The number of carbonyl (C=O) groups excluding carboxylic acids is 1. The van der Waals surface area contributed by atoms with Crippen molar-refractivity contribution in [1.29, 1.82) is 0 Å². The Labute approximate surface area is 250 Å². The number of aldehydes is 1. The molecule has 3 aromatic carbocycles. The van der Waals surface area contributed by atoms with Gasteiger partial charge in [0.15, 0.2) is 6.29 Å². The van der Waals surface area contributed by atoms with Gasteiger partial charge in [0.25, 0.3) is 0 Å². The van der Waals surface area contributed by atoms with E-state index in [1.807, 2.05) is 12.1 Å². The summed E-state index contributed by atoms with van der Waals surface area (Å²) in [6.07, 6.45) is 0.904. The fraction of sp³-hybridized carbons (Fsp3) is 0. The number of hydrogen-bond acceptors (Lipinski definition) is 5. The molecule has 0 atom stereocenters. The van der Waals surface area contributed by atoms with Crippen molar-refractivity contribution in [2.24, 2.45) is 0 Å². The third-order valence-corrected chi connectivity index (χ3v) is 10.5. The summed E-state index contributed by atoms with van der Waals surface area (Å²) in [4.78, 5) is 17.7. The first-order valence-electron chi connectivity index (χ1n) is 11.7. The van der Waals surface area contributed by atoms with Crippen LogP contribution >= 0.6 is 65.9 Å². The standard InChI is InChI=1S/C31H19Br2NOS3/c32-30-17-15-28(37-30)21-3-9-24(10-4-21)34(25-11-5-22(6-12-25)29-16-18-31(33)38-29)23-7-1-20(2-8-23)27-14-13-26(19-35)36-27/h1-19H. The molecule has 0 aliphatic rings. The van der Waals surface area contributed by atoms with Gasteiger partial charge in [-0.3, -0.25) is 4.79 Å². The van der Waals surface area contributed by atoms with Gasteiger partial charge in [0.05, 0.1) is 12.4 Å². The van der Waals surface area contributed by atoms with Crippen molar-refractivity contribution < 1.29 is 4.79 Å². The summed E-state index contributed by atoms with van der Waals surface area (Å²) < 4.78 is 2.25. The second kappa shape index (κ2) is 11.1. The average Bonchev–Trinajstić information content (AvgIpc) is 3.71. The first-order chi connectivity index (χ1) is 18.6. The molecule has 0 amide bonds. The maximum absolute atomic E-state index is 11.1. The third-order valence-electron chi connectivity index (χ3n) is 6.12. The molecule has 0 saturated heterocycles. The molecule has 0 fully saturated rings. The zero-order valence-corrected chi connectivity index (χ0v) is 25.4. The zero-order chi connectivity index (χ0) is 26.1. The van der Waals surface area contributed by atoms with Crippen molar-refractivity contribution in [2.75, 3.05) is 4.90 Å². The normalized spacial score (nSPS) is 11.0. The summed E-state index contributed by atoms with van der Waals surface area (Å²) >= 11 is 12.1. The second-order valence-electron chi connectivity index (χ2n) is 8.50. The molecule has 186 valence electrons. The monoisotopic (exact) mass is 675 g/mol. The molecule has 3 heterocycles. The maximum atomic E-state index is 11.1. The van der Waals surface area contributed by atoms with E-state index in [9.17, 15) is 4.79 Å². The Bertz CT molecular complexity index is 1610. The summed E-state index contributed by atoms with van der Waals surface area (Å²) in [5.74, 6) is 0. The number of anilines is 3. The van der Waals surface area contributed by atoms with Crippen LogP contribution in [-0.4, -0.2) is 6.29 Å². The van der Waals surface area contributed by atoms with E-state index in [4.69, 9.17) is 0 Å². The van der Waals surface area contributed by atoms with Crippen LogP contribution in [0.1, 0.15) is 9.67 Å². The van der Waals surface area contributed by atoms with Crippen LogP contribution < -0.4 is 4.90 Å². The predicted octanol–water partition coefficient (Wildman–Crippen LogP) is 11.7. The lowest BCUT2D eigenvalue weighted by Crippen LogP contribution is -2.09. The molecular weight excluding hydrogens is 658 g/mol. The Balaban J connectivity index is 1.37. The molecular formula is C31H19Br2NOS3. The highest BCUT2D eigenvalue weighted by molar-refractivity contribution is 9.11. The number of thiophene rings is 3. The van der Waals surface area contributed by atoms with Crippen LogP contribution in [-0.2, 0) is 0 Å². The summed E-state index contributed by atoms with van der Waals surface area (Å²) in [6, 6.07) is 38.3. The minimum atomic E-state index is 0.737. The average molecular weight is 678 g/mol. The number of nitrogens with zero attached hydrogens (tertiary/aromatic N) is 1. The van der Waals surface area contributed by atoms with Crippen LogP contribution in [0.4, 0.5) is 17.1 Å². The van der Waals surface area contributed by atoms with Crippen molar-refractivity contribution in [2.45, 2.75) is 0 Å². The Morgan fingerprint density at radius 3 is 1.16 bits per heavy atom. The fourth-order valence-electron chi connectivity index (χ4n) is 4.28. The predicted molar refractivity (Wildman–Crippen MR) is 172 cm³/mol. The molecule has 6 aromatic rings.